The summed E-state index contributed by atoms with van der Waals surface area (Å²) >= 11 is 0. The third kappa shape index (κ3) is 4.68. The number of benzene rings is 1. The van der Waals surface area contributed by atoms with Crippen LogP contribution in [0.5, 0.6) is 5.75 Å². The molecule has 6 nitrogen and oxygen atoms in total. The molecule has 144 valence electrons. The lowest BCUT2D eigenvalue weighted by Gasteiger charge is -2.38. The Bertz CT molecular complexity index is 621. The van der Waals surface area contributed by atoms with Gasteiger partial charge < -0.3 is 20.3 Å². The SMILES string of the molecule is CC(N)C1CCCCN1C(=O)COc1ccc(N2CCCC2=O)cc1.Cl. The molecular formula is C19H28ClN3O3. The van der Waals surface area contributed by atoms with E-state index in [-0.39, 0.29) is 42.9 Å². The monoisotopic (exact) mass is 381 g/mol. The molecule has 2 aliphatic heterocycles. The number of nitrogens with two attached hydrogens (primary N) is 1. The van der Waals surface area contributed by atoms with Crippen LogP contribution in [0.25, 0.3) is 0 Å². The molecule has 0 bridgehead atoms. The van der Waals surface area contributed by atoms with Crippen molar-refractivity contribution in [3.05, 3.63) is 24.3 Å². The number of rotatable bonds is 5. The first-order valence-corrected chi connectivity index (χ1v) is 9.14. The highest BCUT2D eigenvalue weighted by Crippen LogP contribution is 2.24. The van der Waals surface area contributed by atoms with Gasteiger partial charge in [-0.15, -0.1) is 12.4 Å². The standard InChI is InChI=1S/C19H27N3O3.ClH/c1-14(20)17-5-2-3-11-22(17)19(24)13-25-16-9-7-15(8-10-16)21-12-4-6-18(21)23;/h7-10,14,17H,2-6,11-13,20H2,1H3;1H. The molecule has 0 aliphatic carbocycles. The molecule has 7 heteroatoms. The van der Waals surface area contributed by atoms with Crippen molar-refractivity contribution in [2.45, 2.75) is 51.1 Å². The van der Waals surface area contributed by atoms with Crippen molar-refractivity contribution in [1.29, 1.82) is 0 Å². The van der Waals surface area contributed by atoms with Gasteiger partial charge in [-0.2, -0.15) is 0 Å². The van der Waals surface area contributed by atoms with Crippen LogP contribution in [-0.2, 0) is 9.59 Å². The fraction of sp³-hybridized carbons (Fsp3) is 0.579. The van der Waals surface area contributed by atoms with E-state index in [0.29, 0.717) is 12.2 Å². The number of likely N-dealkylation sites (tertiary alicyclic amines) is 1. The third-order valence-corrected chi connectivity index (χ3v) is 5.06. The maximum Gasteiger partial charge on any atom is 0.260 e. The summed E-state index contributed by atoms with van der Waals surface area (Å²) in [5, 5.41) is 0. The van der Waals surface area contributed by atoms with E-state index >= 15 is 0 Å². The Morgan fingerprint density at radius 1 is 1.23 bits per heavy atom. The molecule has 2 heterocycles. The van der Waals surface area contributed by atoms with Gasteiger partial charge in [-0.05, 0) is 56.9 Å². The first kappa shape index (κ1) is 20.5. The minimum Gasteiger partial charge on any atom is -0.484 e. The number of nitrogens with zero attached hydrogens (tertiary/aromatic N) is 2. The third-order valence-electron chi connectivity index (χ3n) is 5.06. The smallest absolute Gasteiger partial charge is 0.260 e. The predicted octanol–water partition coefficient (Wildman–Crippen LogP) is 2.34. The molecule has 0 spiro atoms. The van der Waals surface area contributed by atoms with Crippen LogP contribution in [0.1, 0.15) is 39.0 Å². The lowest BCUT2D eigenvalue weighted by Crippen LogP contribution is -2.52. The number of carbonyl (C=O) groups is 2. The molecule has 0 aromatic heterocycles. The minimum absolute atomic E-state index is 0. The van der Waals surface area contributed by atoms with Gasteiger partial charge in [0.2, 0.25) is 5.91 Å². The Hall–Kier alpha value is -1.79. The molecule has 2 unspecified atom stereocenters. The summed E-state index contributed by atoms with van der Waals surface area (Å²) in [6.07, 6.45) is 4.62. The number of ether oxygens (including phenoxy) is 1. The molecule has 2 fully saturated rings. The van der Waals surface area contributed by atoms with Crippen molar-refractivity contribution < 1.29 is 14.3 Å². The van der Waals surface area contributed by atoms with Gasteiger partial charge in [-0.3, -0.25) is 9.59 Å². The largest absolute Gasteiger partial charge is 0.484 e. The molecule has 1 aromatic carbocycles. The Labute approximate surface area is 161 Å². The highest BCUT2D eigenvalue weighted by atomic mass is 35.5. The van der Waals surface area contributed by atoms with E-state index in [9.17, 15) is 9.59 Å². The second kappa shape index (κ2) is 9.24. The number of hydrogen-bond acceptors (Lipinski definition) is 4. The highest BCUT2D eigenvalue weighted by Gasteiger charge is 2.29. The number of anilines is 1. The van der Waals surface area contributed by atoms with Crippen molar-refractivity contribution in [3.63, 3.8) is 0 Å². The van der Waals surface area contributed by atoms with Crippen molar-refractivity contribution in [2.24, 2.45) is 5.73 Å². The number of halogens is 1. The zero-order valence-corrected chi connectivity index (χ0v) is 16.0. The molecule has 0 saturated carbocycles. The summed E-state index contributed by atoms with van der Waals surface area (Å²) in [5.74, 6) is 0.787. The van der Waals surface area contributed by atoms with Gasteiger partial charge in [-0.1, -0.05) is 0 Å². The van der Waals surface area contributed by atoms with Gasteiger partial charge >= 0.3 is 0 Å². The van der Waals surface area contributed by atoms with E-state index < -0.39 is 0 Å². The Morgan fingerprint density at radius 2 is 1.96 bits per heavy atom. The van der Waals surface area contributed by atoms with Gasteiger partial charge in [0.1, 0.15) is 5.75 Å². The fourth-order valence-corrected chi connectivity index (χ4v) is 3.69. The van der Waals surface area contributed by atoms with Crippen molar-refractivity contribution in [2.75, 3.05) is 24.6 Å². The molecule has 0 radical (unpaired) electrons. The zero-order valence-electron chi connectivity index (χ0n) is 15.2. The number of piperidine rings is 1. The van der Waals surface area contributed by atoms with E-state index in [1.54, 1.807) is 4.90 Å². The summed E-state index contributed by atoms with van der Waals surface area (Å²) in [6.45, 7) is 3.50. The maximum absolute atomic E-state index is 12.5. The van der Waals surface area contributed by atoms with Crippen LogP contribution in [0, 0.1) is 0 Å². The summed E-state index contributed by atoms with van der Waals surface area (Å²) in [7, 11) is 0. The number of hydrogen-bond donors (Lipinski definition) is 1. The van der Waals surface area contributed by atoms with Crippen LogP contribution in [-0.4, -0.2) is 48.5 Å². The molecule has 2 aliphatic rings. The lowest BCUT2D eigenvalue weighted by atomic mass is 9.97. The van der Waals surface area contributed by atoms with E-state index in [4.69, 9.17) is 10.5 Å². The molecule has 2 atom stereocenters. The van der Waals surface area contributed by atoms with Crippen LogP contribution in [0.15, 0.2) is 24.3 Å². The quantitative estimate of drug-likeness (QED) is 0.849. The van der Waals surface area contributed by atoms with Gasteiger partial charge in [0, 0.05) is 37.3 Å². The van der Waals surface area contributed by atoms with Gasteiger partial charge in [0.25, 0.3) is 5.91 Å². The number of carbonyl (C=O) groups excluding carboxylic acids is 2. The topological polar surface area (TPSA) is 75.9 Å². The normalized spacial score (nSPS) is 21.3. The average molecular weight is 382 g/mol. The van der Waals surface area contributed by atoms with E-state index in [1.807, 2.05) is 36.1 Å². The fourth-order valence-electron chi connectivity index (χ4n) is 3.69. The molecule has 2 saturated heterocycles. The van der Waals surface area contributed by atoms with Gasteiger partial charge in [0.05, 0.1) is 0 Å². The first-order valence-electron chi connectivity index (χ1n) is 9.14. The number of amides is 2. The molecule has 3 rings (SSSR count). The van der Waals surface area contributed by atoms with Crippen molar-refractivity contribution in [3.8, 4) is 5.75 Å². The van der Waals surface area contributed by atoms with E-state index in [0.717, 1.165) is 44.5 Å². The Kier molecular flexibility index (Phi) is 7.29. The minimum atomic E-state index is -0.0264. The van der Waals surface area contributed by atoms with Crippen molar-refractivity contribution in [1.82, 2.24) is 4.90 Å². The van der Waals surface area contributed by atoms with Crippen LogP contribution in [0.3, 0.4) is 0 Å². The molecular weight excluding hydrogens is 354 g/mol. The highest BCUT2D eigenvalue weighted by molar-refractivity contribution is 5.95. The lowest BCUT2D eigenvalue weighted by molar-refractivity contribution is -0.137. The van der Waals surface area contributed by atoms with Crippen LogP contribution in [0.2, 0.25) is 0 Å². The second-order valence-corrected chi connectivity index (χ2v) is 6.94. The summed E-state index contributed by atoms with van der Waals surface area (Å²) < 4.78 is 5.66. The van der Waals surface area contributed by atoms with Crippen LogP contribution < -0.4 is 15.4 Å². The average Bonchev–Trinajstić information content (AvgIpc) is 3.06. The van der Waals surface area contributed by atoms with Gasteiger partial charge in [-0.25, -0.2) is 0 Å². The van der Waals surface area contributed by atoms with Crippen molar-refractivity contribution >= 4 is 29.9 Å². The Balaban J connectivity index is 0.00000243. The molecule has 26 heavy (non-hydrogen) atoms. The Morgan fingerprint density at radius 3 is 2.58 bits per heavy atom. The zero-order chi connectivity index (χ0) is 17.8. The summed E-state index contributed by atoms with van der Waals surface area (Å²) in [6, 6.07) is 7.44. The van der Waals surface area contributed by atoms with Crippen LogP contribution >= 0.6 is 12.4 Å². The molecule has 2 amide bonds. The maximum atomic E-state index is 12.5. The van der Waals surface area contributed by atoms with Crippen LogP contribution in [0.4, 0.5) is 5.69 Å². The van der Waals surface area contributed by atoms with E-state index in [2.05, 4.69) is 0 Å². The second-order valence-electron chi connectivity index (χ2n) is 6.94. The predicted molar refractivity (Wildman–Crippen MR) is 104 cm³/mol. The molecule has 2 N–H and O–H groups in total. The van der Waals surface area contributed by atoms with Gasteiger partial charge in [0.15, 0.2) is 6.61 Å². The van der Waals surface area contributed by atoms with E-state index in [1.165, 1.54) is 0 Å². The summed E-state index contributed by atoms with van der Waals surface area (Å²) in [4.78, 5) is 27.9. The molecule has 1 aromatic rings. The first-order chi connectivity index (χ1) is 12.1. The summed E-state index contributed by atoms with van der Waals surface area (Å²) in [5.41, 5.74) is 6.91.